The molecule has 4 heterocycles. The second-order valence-electron chi connectivity index (χ2n) is 8.98. The maximum absolute atomic E-state index is 7.62. The van der Waals surface area contributed by atoms with Gasteiger partial charge in [0, 0.05) is 87.7 Å². The van der Waals surface area contributed by atoms with Crippen molar-refractivity contribution in [2.24, 2.45) is 18.7 Å². The molecule has 0 amide bonds. The van der Waals surface area contributed by atoms with Gasteiger partial charge in [-0.2, -0.15) is 0 Å². The van der Waals surface area contributed by atoms with Gasteiger partial charge in [0.1, 0.15) is 0 Å². The van der Waals surface area contributed by atoms with Crippen molar-refractivity contribution in [1.82, 2.24) is 14.1 Å². The van der Waals surface area contributed by atoms with Crippen molar-refractivity contribution in [3.63, 3.8) is 0 Å². The van der Waals surface area contributed by atoms with Crippen LogP contribution in [0.3, 0.4) is 0 Å². The van der Waals surface area contributed by atoms with Gasteiger partial charge in [0.2, 0.25) is 0 Å². The summed E-state index contributed by atoms with van der Waals surface area (Å²) in [6, 6.07) is 17.4. The molecule has 1 atom stereocenters. The highest BCUT2D eigenvalue weighted by Gasteiger charge is 2.27. The zero-order valence-corrected chi connectivity index (χ0v) is 19.5. The highest BCUT2D eigenvalue weighted by Crippen LogP contribution is 2.44. The minimum atomic E-state index is 0.213. The Hall–Kier alpha value is -3.38. The van der Waals surface area contributed by atoms with E-state index in [0.717, 1.165) is 25.1 Å². The van der Waals surface area contributed by atoms with Crippen LogP contribution in [0.1, 0.15) is 12.1 Å². The fourth-order valence-electron chi connectivity index (χ4n) is 5.51. The van der Waals surface area contributed by atoms with E-state index in [4.69, 9.17) is 11.1 Å². The number of thioether (sulfide) groups is 1. The molecule has 1 unspecified atom stereocenters. The van der Waals surface area contributed by atoms with Crippen molar-refractivity contribution in [2.75, 3.05) is 5.75 Å². The number of H-pyrrole nitrogens is 1. The van der Waals surface area contributed by atoms with Crippen LogP contribution in [0.15, 0.2) is 67.1 Å². The summed E-state index contributed by atoms with van der Waals surface area (Å²) in [4.78, 5) is 3.41. The molecular formula is C27H27N5S. The number of aromatic nitrogens is 3. The predicted molar refractivity (Wildman–Crippen MR) is 140 cm³/mol. The van der Waals surface area contributed by atoms with Crippen molar-refractivity contribution in [3.8, 4) is 22.3 Å². The molecule has 3 aromatic heterocycles. The molecule has 5 aromatic rings. The van der Waals surface area contributed by atoms with Crippen molar-refractivity contribution in [3.05, 3.63) is 72.8 Å². The van der Waals surface area contributed by atoms with Crippen molar-refractivity contribution in [1.29, 1.82) is 5.41 Å². The smallest absolute Gasteiger partial charge is 0.151 e. The fourth-order valence-corrected chi connectivity index (χ4v) is 6.21. The summed E-state index contributed by atoms with van der Waals surface area (Å²) in [7, 11) is 2.12. The number of nitrogens with one attached hydrogen (secondary N) is 2. The molecule has 166 valence electrons. The average molecular weight is 454 g/mol. The van der Waals surface area contributed by atoms with Crippen LogP contribution in [0.5, 0.6) is 0 Å². The lowest BCUT2D eigenvalue weighted by atomic mass is 9.91. The number of nitrogens with zero attached hydrogens (tertiary/aromatic N) is 2. The molecule has 0 saturated heterocycles. The topological polar surface area (TPSA) is 75.5 Å². The third kappa shape index (κ3) is 3.28. The normalized spacial score (nSPS) is 15.8. The van der Waals surface area contributed by atoms with E-state index in [0.29, 0.717) is 5.92 Å². The number of para-hydroxylation sites is 2. The second kappa shape index (κ2) is 7.89. The van der Waals surface area contributed by atoms with Crippen LogP contribution in [-0.4, -0.2) is 25.0 Å². The number of amidine groups is 1. The standard InChI is InChI=1S/C27H27N5S/c1-31-15-22(18-6-2-4-8-23(18)31)20-13-30-14-21(20)26-19-7-3-5-9-24(19)32-11-10-17(12-25(26)32)16-33-27(28)29/h2-9,13-15,17,30H,10-12,16H2,1H3,(H3,28,29). The Balaban J connectivity index is 1.54. The third-order valence-electron chi connectivity index (χ3n) is 7.00. The predicted octanol–water partition coefficient (Wildman–Crippen LogP) is 5.98. The van der Waals surface area contributed by atoms with Crippen LogP contribution in [0, 0.1) is 11.3 Å². The van der Waals surface area contributed by atoms with Crippen LogP contribution in [0.4, 0.5) is 0 Å². The summed E-state index contributed by atoms with van der Waals surface area (Å²) in [5, 5.41) is 10.4. The maximum Gasteiger partial charge on any atom is 0.151 e. The maximum atomic E-state index is 7.62. The monoisotopic (exact) mass is 453 g/mol. The number of hydrogen-bond donors (Lipinski definition) is 3. The molecule has 0 radical (unpaired) electrons. The van der Waals surface area contributed by atoms with E-state index in [1.807, 2.05) is 0 Å². The number of aromatic amines is 1. The van der Waals surface area contributed by atoms with E-state index in [1.165, 1.54) is 61.5 Å². The van der Waals surface area contributed by atoms with Gasteiger partial charge < -0.3 is 19.9 Å². The van der Waals surface area contributed by atoms with E-state index in [-0.39, 0.29) is 5.17 Å². The van der Waals surface area contributed by atoms with Crippen LogP contribution in [-0.2, 0) is 20.0 Å². The number of aryl methyl sites for hydroxylation is 2. The van der Waals surface area contributed by atoms with Gasteiger partial charge in [0.05, 0.1) is 0 Å². The molecule has 0 aliphatic carbocycles. The Morgan fingerprint density at radius 1 is 1.03 bits per heavy atom. The van der Waals surface area contributed by atoms with E-state index in [1.54, 1.807) is 0 Å². The Kier molecular flexibility index (Phi) is 4.84. The van der Waals surface area contributed by atoms with Gasteiger partial charge in [0.25, 0.3) is 0 Å². The van der Waals surface area contributed by atoms with Crippen LogP contribution in [0.2, 0.25) is 0 Å². The largest absolute Gasteiger partial charge is 0.379 e. The van der Waals surface area contributed by atoms with E-state index < -0.39 is 0 Å². The SMILES string of the molecule is Cn1cc(-c2c[nH]cc2-c2c3n(c4ccccc24)CCC(CSC(=N)N)C3)c2ccccc21. The summed E-state index contributed by atoms with van der Waals surface area (Å²) < 4.78 is 4.73. The summed E-state index contributed by atoms with van der Waals surface area (Å²) in [6.45, 7) is 1.01. The molecule has 1 aliphatic rings. The highest BCUT2D eigenvalue weighted by atomic mass is 32.2. The van der Waals surface area contributed by atoms with E-state index in [2.05, 4.69) is 88.3 Å². The first kappa shape index (κ1) is 20.2. The zero-order chi connectivity index (χ0) is 22.5. The molecular weight excluding hydrogens is 426 g/mol. The number of hydrogen-bond acceptors (Lipinski definition) is 2. The zero-order valence-electron chi connectivity index (χ0n) is 18.6. The van der Waals surface area contributed by atoms with Gasteiger partial charge in [-0.1, -0.05) is 48.2 Å². The number of nitrogens with two attached hydrogens (primary N) is 1. The quantitative estimate of drug-likeness (QED) is 0.231. The van der Waals surface area contributed by atoms with Gasteiger partial charge in [-0.25, -0.2) is 0 Å². The first-order valence-corrected chi connectivity index (χ1v) is 12.4. The first-order chi connectivity index (χ1) is 16.1. The highest BCUT2D eigenvalue weighted by molar-refractivity contribution is 8.13. The number of benzene rings is 2. The van der Waals surface area contributed by atoms with Crippen molar-refractivity contribution in [2.45, 2.75) is 19.4 Å². The minimum Gasteiger partial charge on any atom is -0.379 e. The second-order valence-corrected chi connectivity index (χ2v) is 10.0. The minimum absolute atomic E-state index is 0.213. The van der Waals surface area contributed by atoms with Gasteiger partial charge in [-0.15, -0.1) is 0 Å². The molecule has 2 aromatic carbocycles. The lowest BCUT2D eigenvalue weighted by molar-refractivity contribution is 0.430. The first-order valence-electron chi connectivity index (χ1n) is 11.4. The molecule has 6 heteroatoms. The van der Waals surface area contributed by atoms with Gasteiger partial charge in [-0.3, -0.25) is 5.41 Å². The molecule has 0 saturated carbocycles. The average Bonchev–Trinajstić information content (AvgIpc) is 3.51. The Bertz CT molecular complexity index is 1500. The van der Waals surface area contributed by atoms with Crippen molar-refractivity contribution < 1.29 is 0 Å². The van der Waals surface area contributed by atoms with Gasteiger partial charge in [-0.05, 0) is 30.9 Å². The van der Waals surface area contributed by atoms with Crippen LogP contribution >= 0.6 is 11.8 Å². The third-order valence-corrected chi connectivity index (χ3v) is 7.95. The van der Waals surface area contributed by atoms with Gasteiger partial charge >= 0.3 is 0 Å². The number of rotatable bonds is 4. The van der Waals surface area contributed by atoms with Gasteiger partial charge in [0.15, 0.2) is 5.17 Å². The summed E-state index contributed by atoms with van der Waals surface area (Å²) in [5.41, 5.74) is 14.7. The number of fused-ring (bicyclic) bond motifs is 4. The molecule has 33 heavy (non-hydrogen) atoms. The fraction of sp³-hybridized carbons (Fsp3) is 0.222. The molecule has 1 aliphatic heterocycles. The van der Waals surface area contributed by atoms with E-state index in [9.17, 15) is 0 Å². The van der Waals surface area contributed by atoms with Crippen LogP contribution in [0.25, 0.3) is 44.1 Å². The molecule has 4 N–H and O–H groups in total. The summed E-state index contributed by atoms with van der Waals surface area (Å²) >= 11 is 1.47. The van der Waals surface area contributed by atoms with Crippen LogP contribution < -0.4 is 5.73 Å². The summed E-state index contributed by atoms with van der Waals surface area (Å²) in [6.07, 6.45) is 8.67. The molecule has 0 fully saturated rings. The summed E-state index contributed by atoms with van der Waals surface area (Å²) in [5.74, 6) is 1.42. The Morgan fingerprint density at radius 3 is 2.58 bits per heavy atom. The lowest BCUT2D eigenvalue weighted by Crippen LogP contribution is -2.22. The molecule has 6 rings (SSSR count). The molecule has 0 spiro atoms. The Labute approximate surface area is 197 Å². The van der Waals surface area contributed by atoms with Crippen molar-refractivity contribution >= 4 is 38.7 Å². The molecule has 0 bridgehead atoms. The molecule has 5 nitrogen and oxygen atoms in total. The Morgan fingerprint density at radius 2 is 1.76 bits per heavy atom. The van der Waals surface area contributed by atoms with E-state index >= 15 is 0 Å². The lowest BCUT2D eigenvalue weighted by Gasteiger charge is -2.25.